The quantitative estimate of drug-likeness (QED) is 0.617. The van der Waals surface area contributed by atoms with Gasteiger partial charge in [0.2, 0.25) is 5.82 Å². The SMILES string of the molecule is Cn1ccnc(NOCC(=O)O)c1=O. The first kappa shape index (κ1) is 10.2. The number of carbonyl (C=O) groups is 1. The first-order valence-electron chi connectivity index (χ1n) is 3.72. The van der Waals surface area contributed by atoms with Gasteiger partial charge in [0.25, 0.3) is 5.56 Å². The molecule has 1 aromatic heterocycles. The van der Waals surface area contributed by atoms with Gasteiger partial charge in [-0.3, -0.25) is 9.63 Å². The molecular formula is C7H9N3O4. The Kier molecular flexibility index (Phi) is 3.19. The van der Waals surface area contributed by atoms with Gasteiger partial charge in [-0.05, 0) is 0 Å². The fourth-order valence-electron chi connectivity index (χ4n) is 0.734. The van der Waals surface area contributed by atoms with Crippen LogP contribution in [0.15, 0.2) is 17.2 Å². The van der Waals surface area contributed by atoms with Crippen molar-refractivity contribution < 1.29 is 14.7 Å². The first-order chi connectivity index (χ1) is 6.61. The van der Waals surface area contributed by atoms with Gasteiger partial charge in [-0.25, -0.2) is 15.3 Å². The van der Waals surface area contributed by atoms with E-state index in [-0.39, 0.29) is 5.82 Å². The van der Waals surface area contributed by atoms with Crippen LogP contribution >= 0.6 is 0 Å². The molecule has 0 saturated heterocycles. The van der Waals surface area contributed by atoms with Crippen LogP contribution in [-0.4, -0.2) is 27.2 Å². The second-order valence-corrected chi connectivity index (χ2v) is 2.48. The van der Waals surface area contributed by atoms with Crippen LogP contribution in [0.4, 0.5) is 5.82 Å². The average Bonchev–Trinajstić information content (AvgIpc) is 2.12. The molecule has 14 heavy (non-hydrogen) atoms. The fraction of sp³-hybridized carbons (Fsp3) is 0.286. The number of carboxylic acid groups (broad SMARTS) is 1. The van der Waals surface area contributed by atoms with Crippen molar-refractivity contribution in [3.05, 3.63) is 22.7 Å². The third kappa shape index (κ3) is 2.56. The predicted molar refractivity (Wildman–Crippen MR) is 46.7 cm³/mol. The zero-order chi connectivity index (χ0) is 10.6. The minimum atomic E-state index is -1.13. The highest BCUT2D eigenvalue weighted by Gasteiger charge is 2.02. The van der Waals surface area contributed by atoms with Crippen LogP contribution in [-0.2, 0) is 16.7 Å². The molecule has 0 radical (unpaired) electrons. The third-order valence-electron chi connectivity index (χ3n) is 1.38. The highest BCUT2D eigenvalue weighted by molar-refractivity contribution is 5.68. The molecule has 7 heteroatoms. The Morgan fingerprint density at radius 2 is 2.50 bits per heavy atom. The first-order valence-corrected chi connectivity index (χ1v) is 3.72. The summed E-state index contributed by atoms with van der Waals surface area (Å²) in [6.45, 7) is -0.542. The third-order valence-corrected chi connectivity index (χ3v) is 1.38. The van der Waals surface area contributed by atoms with Gasteiger partial charge in [-0.1, -0.05) is 0 Å². The summed E-state index contributed by atoms with van der Waals surface area (Å²) in [6, 6.07) is 0. The number of rotatable bonds is 4. The topological polar surface area (TPSA) is 93.4 Å². The molecule has 2 N–H and O–H groups in total. The lowest BCUT2D eigenvalue weighted by Crippen LogP contribution is -2.23. The Morgan fingerprint density at radius 3 is 3.14 bits per heavy atom. The normalized spacial score (nSPS) is 9.79. The summed E-state index contributed by atoms with van der Waals surface area (Å²) in [5.74, 6) is -1.18. The van der Waals surface area contributed by atoms with Crippen molar-refractivity contribution in [1.82, 2.24) is 9.55 Å². The van der Waals surface area contributed by atoms with Gasteiger partial charge in [0.1, 0.15) is 0 Å². The van der Waals surface area contributed by atoms with E-state index in [1.807, 2.05) is 0 Å². The van der Waals surface area contributed by atoms with Crippen LogP contribution in [0.25, 0.3) is 0 Å². The summed E-state index contributed by atoms with van der Waals surface area (Å²) >= 11 is 0. The number of aliphatic carboxylic acids is 1. The molecule has 1 heterocycles. The maximum atomic E-state index is 11.3. The molecule has 0 aromatic carbocycles. The van der Waals surface area contributed by atoms with Crippen molar-refractivity contribution in [1.29, 1.82) is 0 Å². The number of anilines is 1. The summed E-state index contributed by atoms with van der Waals surface area (Å²) in [5, 5.41) is 8.25. The number of hydrogen-bond acceptors (Lipinski definition) is 5. The number of aromatic nitrogens is 2. The molecule has 0 amide bonds. The molecule has 0 atom stereocenters. The second-order valence-electron chi connectivity index (χ2n) is 2.48. The van der Waals surface area contributed by atoms with E-state index >= 15 is 0 Å². The van der Waals surface area contributed by atoms with E-state index in [0.29, 0.717) is 0 Å². The van der Waals surface area contributed by atoms with Gasteiger partial charge in [-0.15, -0.1) is 0 Å². The summed E-state index contributed by atoms with van der Waals surface area (Å²) in [7, 11) is 1.55. The number of nitrogens with zero attached hydrogens (tertiary/aromatic N) is 2. The van der Waals surface area contributed by atoms with Crippen molar-refractivity contribution in [2.24, 2.45) is 7.05 Å². The van der Waals surface area contributed by atoms with E-state index in [4.69, 9.17) is 5.11 Å². The number of carboxylic acids is 1. The van der Waals surface area contributed by atoms with E-state index in [2.05, 4.69) is 15.3 Å². The van der Waals surface area contributed by atoms with E-state index in [1.54, 1.807) is 7.05 Å². The molecule has 7 nitrogen and oxygen atoms in total. The van der Waals surface area contributed by atoms with Crippen molar-refractivity contribution in [3.8, 4) is 0 Å². The molecule has 0 aliphatic rings. The Bertz CT molecular complexity index is 387. The van der Waals surface area contributed by atoms with Crippen LogP contribution in [0.1, 0.15) is 0 Å². The van der Waals surface area contributed by atoms with Gasteiger partial charge in [0, 0.05) is 19.4 Å². The lowest BCUT2D eigenvalue weighted by molar-refractivity contribution is -0.141. The molecule has 0 aliphatic carbocycles. The molecule has 0 aliphatic heterocycles. The molecule has 0 fully saturated rings. The Morgan fingerprint density at radius 1 is 1.79 bits per heavy atom. The van der Waals surface area contributed by atoms with Crippen LogP contribution < -0.4 is 11.0 Å². The maximum Gasteiger partial charge on any atom is 0.332 e. The summed E-state index contributed by atoms with van der Waals surface area (Å²) in [6.07, 6.45) is 2.87. The lowest BCUT2D eigenvalue weighted by Gasteiger charge is -2.03. The van der Waals surface area contributed by atoms with Crippen LogP contribution in [0.3, 0.4) is 0 Å². The zero-order valence-electron chi connectivity index (χ0n) is 7.43. The van der Waals surface area contributed by atoms with Gasteiger partial charge in [0.05, 0.1) is 0 Å². The Balaban J connectivity index is 2.64. The standard InChI is InChI=1S/C7H9N3O4/c1-10-3-2-8-6(7(10)13)9-14-4-5(11)12/h2-3H,4H2,1H3,(H,8,9)(H,11,12). The van der Waals surface area contributed by atoms with Crippen LogP contribution in [0, 0.1) is 0 Å². The van der Waals surface area contributed by atoms with Crippen molar-refractivity contribution >= 4 is 11.8 Å². The van der Waals surface area contributed by atoms with Crippen LogP contribution in [0.2, 0.25) is 0 Å². The van der Waals surface area contributed by atoms with Gasteiger partial charge in [0.15, 0.2) is 6.61 Å². The molecule has 0 bridgehead atoms. The summed E-state index contributed by atoms with van der Waals surface area (Å²) in [5.41, 5.74) is 1.77. The van der Waals surface area contributed by atoms with Crippen molar-refractivity contribution in [2.45, 2.75) is 0 Å². The molecule has 1 rings (SSSR count). The smallest absolute Gasteiger partial charge is 0.332 e. The molecular weight excluding hydrogens is 190 g/mol. The Labute approximate surface area is 78.9 Å². The van der Waals surface area contributed by atoms with E-state index in [9.17, 15) is 9.59 Å². The van der Waals surface area contributed by atoms with E-state index in [0.717, 1.165) is 0 Å². The molecule has 1 aromatic rings. The molecule has 0 saturated carbocycles. The summed E-state index contributed by atoms with van der Waals surface area (Å²) < 4.78 is 1.29. The molecule has 0 spiro atoms. The molecule has 76 valence electrons. The molecule has 0 unspecified atom stereocenters. The highest BCUT2D eigenvalue weighted by atomic mass is 16.7. The van der Waals surface area contributed by atoms with Crippen molar-refractivity contribution in [3.63, 3.8) is 0 Å². The predicted octanol–water partition coefficient (Wildman–Crippen LogP) is -0.792. The van der Waals surface area contributed by atoms with Gasteiger partial charge < -0.3 is 9.67 Å². The highest BCUT2D eigenvalue weighted by Crippen LogP contribution is 1.90. The lowest BCUT2D eigenvalue weighted by atomic mass is 10.6. The largest absolute Gasteiger partial charge is 0.479 e. The van der Waals surface area contributed by atoms with Crippen LogP contribution in [0.5, 0.6) is 0 Å². The minimum absolute atomic E-state index is 0.0451. The van der Waals surface area contributed by atoms with Gasteiger partial charge >= 0.3 is 5.97 Å². The fourth-order valence-corrected chi connectivity index (χ4v) is 0.734. The van der Waals surface area contributed by atoms with Crippen molar-refractivity contribution in [2.75, 3.05) is 12.1 Å². The zero-order valence-corrected chi connectivity index (χ0v) is 7.43. The maximum absolute atomic E-state index is 11.3. The Hall–Kier alpha value is -1.89. The monoisotopic (exact) mass is 199 g/mol. The van der Waals surface area contributed by atoms with Gasteiger partial charge in [-0.2, -0.15) is 0 Å². The number of hydrogen-bond donors (Lipinski definition) is 2. The average molecular weight is 199 g/mol. The van der Waals surface area contributed by atoms with E-state index < -0.39 is 18.1 Å². The number of nitrogens with one attached hydrogen (secondary N) is 1. The minimum Gasteiger partial charge on any atom is -0.479 e. The second kappa shape index (κ2) is 4.38. The van der Waals surface area contributed by atoms with E-state index in [1.165, 1.54) is 17.0 Å². The summed E-state index contributed by atoms with van der Waals surface area (Å²) in [4.78, 5) is 29.5. The number of aryl methyl sites for hydroxylation is 1.